The van der Waals surface area contributed by atoms with Crippen molar-refractivity contribution in [2.24, 2.45) is 0 Å². The first kappa shape index (κ1) is 12.0. The summed E-state index contributed by atoms with van der Waals surface area (Å²) in [6.07, 6.45) is 8.23. The quantitative estimate of drug-likeness (QED) is 0.794. The van der Waals surface area contributed by atoms with E-state index in [1.807, 2.05) is 41.1 Å². The van der Waals surface area contributed by atoms with E-state index >= 15 is 0 Å². The second kappa shape index (κ2) is 5.28. The zero-order valence-electron chi connectivity index (χ0n) is 10.3. The maximum Gasteiger partial charge on any atom is 0.180 e. The van der Waals surface area contributed by atoms with Crippen molar-refractivity contribution in [1.29, 1.82) is 0 Å². The smallest absolute Gasteiger partial charge is 0.180 e. The Hall–Kier alpha value is -2.07. The molecule has 0 unspecified atom stereocenters. The van der Waals surface area contributed by atoms with E-state index in [0.29, 0.717) is 0 Å². The predicted molar refractivity (Wildman–Crippen MR) is 76.6 cm³/mol. The monoisotopic (exact) mass is 272 g/mol. The molecule has 5 heteroatoms. The fraction of sp³-hybridized carbons (Fsp3) is 0.143. The Balaban J connectivity index is 1.66. The average molecular weight is 273 g/mol. The first-order chi connectivity index (χ1) is 9.33. The number of nitrogens with one attached hydrogen (secondary N) is 1. The molecule has 0 bridgehead atoms. The van der Waals surface area contributed by atoms with Gasteiger partial charge in [-0.2, -0.15) is 0 Å². The van der Waals surface area contributed by atoms with E-state index in [-0.39, 0.29) is 0 Å². The summed E-state index contributed by atoms with van der Waals surface area (Å²) >= 11 is 5.86. The van der Waals surface area contributed by atoms with E-state index in [9.17, 15) is 0 Å². The van der Waals surface area contributed by atoms with Crippen LogP contribution in [0.1, 0.15) is 5.56 Å². The van der Waals surface area contributed by atoms with Crippen molar-refractivity contribution in [2.45, 2.75) is 6.42 Å². The maximum atomic E-state index is 5.86. The molecule has 0 aliphatic heterocycles. The van der Waals surface area contributed by atoms with Gasteiger partial charge in [-0.3, -0.25) is 0 Å². The van der Waals surface area contributed by atoms with Crippen LogP contribution >= 0.6 is 11.6 Å². The standard InChI is InChI=1S/C14H13ClN4/c15-12-3-1-11(2-4-12)5-6-16-13-14-18-8-10-19(14)9-7-17-13/h1-4,7-10H,5-6H2,(H,16,17). The highest BCUT2D eigenvalue weighted by atomic mass is 35.5. The lowest BCUT2D eigenvalue weighted by atomic mass is 10.1. The number of imidazole rings is 1. The summed E-state index contributed by atoms with van der Waals surface area (Å²) in [6, 6.07) is 7.88. The predicted octanol–water partition coefficient (Wildman–Crippen LogP) is 3.04. The topological polar surface area (TPSA) is 42.2 Å². The second-order valence-corrected chi connectivity index (χ2v) is 4.67. The number of aromatic nitrogens is 3. The van der Waals surface area contributed by atoms with Gasteiger partial charge >= 0.3 is 0 Å². The third-order valence-electron chi connectivity index (χ3n) is 2.93. The lowest BCUT2D eigenvalue weighted by molar-refractivity contribution is 0.998. The van der Waals surface area contributed by atoms with Crippen LogP contribution in [0.3, 0.4) is 0 Å². The SMILES string of the molecule is Clc1ccc(CCNc2nccn3ccnc23)cc1. The van der Waals surface area contributed by atoms with Gasteiger partial charge in [-0.15, -0.1) is 0 Å². The summed E-state index contributed by atoms with van der Waals surface area (Å²) < 4.78 is 1.94. The van der Waals surface area contributed by atoms with Crippen LogP contribution in [0.15, 0.2) is 49.1 Å². The summed E-state index contributed by atoms with van der Waals surface area (Å²) in [5.74, 6) is 0.807. The van der Waals surface area contributed by atoms with Gasteiger partial charge in [-0.1, -0.05) is 23.7 Å². The van der Waals surface area contributed by atoms with Crippen LogP contribution in [0, 0.1) is 0 Å². The zero-order valence-corrected chi connectivity index (χ0v) is 11.0. The highest BCUT2D eigenvalue weighted by molar-refractivity contribution is 6.30. The fourth-order valence-corrected chi connectivity index (χ4v) is 2.08. The molecule has 0 saturated heterocycles. The van der Waals surface area contributed by atoms with Gasteiger partial charge < -0.3 is 9.72 Å². The van der Waals surface area contributed by atoms with Crippen molar-refractivity contribution in [3.8, 4) is 0 Å². The van der Waals surface area contributed by atoms with Crippen LogP contribution in [0.25, 0.3) is 5.65 Å². The van der Waals surface area contributed by atoms with Gasteiger partial charge in [0.2, 0.25) is 0 Å². The minimum absolute atomic E-state index is 0.764. The summed E-state index contributed by atoms with van der Waals surface area (Å²) in [6.45, 7) is 0.807. The Morgan fingerprint density at radius 1 is 1.05 bits per heavy atom. The van der Waals surface area contributed by atoms with Gasteiger partial charge in [-0.25, -0.2) is 9.97 Å². The summed E-state index contributed by atoms with van der Waals surface area (Å²) in [5.41, 5.74) is 2.09. The third kappa shape index (κ3) is 2.69. The van der Waals surface area contributed by atoms with Gasteiger partial charge in [0.1, 0.15) is 0 Å². The Bertz CT molecular complexity index is 675. The number of fused-ring (bicyclic) bond motifs is 1. The average Bonchev–Trinajstić information content (AvgIpc) is 2.90. The van der Waals surface area contributed by atoms with Crippen molar-refractivity contribution in [1.82, 2.24) is 14.4 Å². The van der Waals surface area contributed by atoms with Crippen molar-refractivity contribution >= 4 is 23.1 Å². The summed E-state index contributed by atoms with van der Waals surface area (Å²) in [4.78, 5) is 8.59. The second-order valence-electron chi connectivity index (χ2n) is 4.24. The van der Waals surface area contributed by atoms with Crippen LogP contribution in [-0.4, -0.2) is 20.9 Å². The van der Waals surface area contributed by atoms with Crippen LogP contribution in [-0.2, 0) is 6.42 Å². The molecular formula is C14H13ClN4. The first-order valence-electron chi connectivity index (χ1n) is 6.09. The third-order valence-corrected chi connectivity index (χ3v) is 3.18. The number of rotatable bonds is 4. The van der Waals surface area contributed by atoms with E-state index in [4.69, 9.17) is 11.6 Å². The molecule has 0 atom stereocenters. The molecule has 1 N–H and O–H groups in total. The summed E-state index contributed by atoms with van der Waals surface area (Å²) in [5, 5.41) is 4.07. The first-order valence-corrected chi connectivity index (χ1v) is 6.47. The van der Waals surface area contributed by atoms with E-state index in [2.05, 4.69) is 15.3 Å². The van der Waals surface area contributed by atoms with Gasteiger partial charge in [0.05, 0.1) is 0 Å². The number of hydrogen-bond acceptors (Lipinski definition) is 3. The van der Waals surface area contributed by atoms with E-state index in [0.717, 1.165) is 29.5 Å². The number of hydrogen-bond donors (Lipinski definition) is 1. The largest absolute Gasteiger partial charge is 0.367 e. The number of nitrogens with zero attached hydrogens (tertiary/aromatic N) is 3. The minimum atomic E-state index is 0.764. The Morgan fingerprint density at radius 3 is 2.58 bits per heavy atom. The lowest BCUT2D eigenvalue weighted by Gasteiger charge is -2.06. The fourth-order valence-electron chi connectivity index (χ4n) is 1.96. The molecule has 4 nitrogen and oxygen atoms in total. The van der Waals surface area contributed by atoms with Crippen LogP contribution < -0.4 is 5.32 Å². The Kier molecular flexibility index (Phi) is 3.33. The van der Waals surface area contributed by atoms with Gasteiger partial charge in [0.15, 0.2) is 11.5 Å². The minimum Gasteiger partial charge on any atom is -0.367 e. The Labute approximate surface area is 116 Å². The molecule has 0 spiro atoms. The van der Waals surface area contributed by atoms with Crippen molar-refractivity contribution in [2.75, 3.05) is 11.9 Å². The van der Waals surface area contributed by atoms with Crippen molar-refractivity contribution < 1.29 is 0 Å². The molecule has 3 aromatic rings. The van der Waals surface area contributed by atoms with Gasteiger partial charge in [-0.05, 0) is 24.1 Å². The molecular weight excluding hydrogens is 260 g/mol. The lowest BCUT2D eigenvalue weighted by Crippen LogP contribution is -2.07. The van der Waals surface area contributed by atoms with Gasteiger partial charge in [0.25, 0.3) is 0 Å². The number of halogens is 1. The highest BCUT2D eigenvalue weighted by Gasteiger charge is 2.02. The molecule has 2 heterocycles. The van der Waals surface area contributed by atoms with E-state index in [1.165, 1.54) is 5.56 Å². The molecule has 2 aromatic heterocycles. The molecule has 1 aromatic carbocycles. The van der Waals surface area contributed by atoms with Gasteiger partial charge in [0, 0.05) is 36.4 Å². The van der Waals surface area contributed by atoms with E-state index < -0.39 is 0 Å². The summed E-state index contributed by atoms with van der Waals surface area (Å²) in [7, 11) is 0. The zero-order chi connectivity index (χ0) is 13.1. The Morgan fingerprint density at radius 2 is 1.79 bits per heavy atom. The molecule has 19 heavy (non-hydrogen) atoms. The molecule has 0 radical (unpaired) electrons. The molecule has 0 amide bonds. The normalized spacial score (nSPS) is 10.8. The van der Waals surface area contributed by atoms with Crippen molar-refractivity contribution in [3.05, 3.63) is 59.6 Å². The molecule has 96 valence electrons. The molecule has 3 rings (SSSR count). The molecule has 0 aliphatic carbocycles. The van der Waals surface area contributed by atoms with Crippen LogP contribution in [0.2, 0.25) is 5.02 Å². The maximum absolute atomic E-state index is 5.86. The number of benzene rings is 1. The molecule has 0 saturated carbocycles. The highest BCUT2D eigenvalue weighted by Crippen LogP contribution is 2.12. The van der Waals surface area contributed by atoms with Crippen LogP contribution in [0.4, 0.5) is 5.82 Å². The van der Waals surface area contributed by atoms with Crippen molar-refractivity contribution in [3.63, 3.8) is 0 Å². The van der Waals surface area contributed by atoms with E-state index in [1.54, 1.807) is 12.4 Å². The molecule has 0 aliphatic rings. The molecule has 0 fully saturated rings. The van der Waals surface area contributed by atoms with Crippen LogP contribution in [0.5, 0.6) is 0 Å². The number of anilines is 1.